The van der Waals surface area contributed by atoms with Gasteiger partial charge >= 0.3 is 5.97 Å². The van der Waals surface area contributed by atoms with Crippen molar-refractivity contribution in [3.05, 3.63) is 23.8 Å². The van der Waals surface area contributed by atoms with E-state index in [2.05, 4.69) is 0 Å². The third-order valence-electron chi connectivity index (χ3n) is 3.09. The number of rotatable bonds is 5. The molecular formula is C13H20N2O3. The van der Waals surface area contributed by atoms with Gasteiger partial charge in [-0.05, 0) is 40.1 Å². The summed E-state index contributed by atoms with van der Waals surface area (Å²) in [7, 11) is 3.92. The van der Waals surface area contributed by atoms with Crippen LogP contribution >= 0.6 is 0 Å². The number of nitrogen functional groups attached to an aromatic ring is 1. The number of nitrogens with two attached hydrogens (primary N) is 1. The number of hydrogen-bond acceptors (Lipinski definition) is 4. The molecule has 0 aliphatic heterocycles. The molecule has 5 heteroatoms. The van der Waals surface area contributed by atoms with Gasteiger partial charge in [0.15, 0.2) is 0 Å². The molecule has 0 spiro atoms. The number of ether oxygens (including phenoxy) is 1. The molecule has 0 saturated carbocycles. The minimum Gasteiger partial charge on any atom is -0.489 e. The summed E-state index contributed by atoms with van der Waals surface area (Å²) < 4.78 is 5.62. The van der Waals surface area contributed by atoms with Gasteiger partial charge in [0, 0.05) is 5.54 Å². The molecule has 1 rings (SSSR count). The molecule has 5 nitrogen and oxygen atoms in total. The maximum atomic E-state index is 10.9. The van der Waals surface area contributed by atoms with Crippen LogP contribution in [0, 0.1) is 0 Å². The van der Waals surface area contributed by atoms with Crippen LogP contribution in [0.3, 0.4) is 0 Å². The SMILES string of the molecule is CN(C)C(C)(C)COc1cccc(C(=O)O)c1N. The Kier molecular flexibility index (Phi) is 4.19. The maximum absolute atomic E-state index is 10.9. The Hall–Kier alpha value is -1.75. The van der Waals surface area contributed by atoms with Crippen molar-refractivity contribution in [2.24, 2.45) is 0 Å². The second kappa shape index (κ2) is 5.27. The third-order valence-corrected chi connectivity index (χ3v) is 3.09. The van der Waals surface area contributed by atoms with E-state index in [1.807, 2.05) is 32.8 Å². The van der Waals surface area contributed by atoms with Crippen LogP contribution in [-0.2, 0) is 0 Å². The van der Waals surface area contributed by atoms with Crippen LogP contribution in [-0.4, -0.2) is 42.2 Å². The van der Waals surface area contributed by atoms with E-state index in [9.17, 15) is 4.79 Å². The second-order valence-electron chi connectivity index (χ2n) is 5.02. The average molecular weight is 252 g/mol. The summed E-state index contributed by atoms with van der Waals surface area (Å²) in [5, 5.41) is 8.96. The van der Waals surface area contributed by atoms with Gasteiger partial charge in [-0.3, -0.25) is 0 Å². The van der Waals surface area contributed by atoms with Gasteiger partial charge in [0.1, 0.15) is 12.4 Å². The second-order valence-corrected chi connectivity index (χ2v) is 5.02. The molecule has 3 N–H and O–H groups in total. The zero-order chi connectivity index (χ0) is 13.9. The highest BCUT2D eigenvalue weighted by molar-refractivity contribution is 5.95. The lowest BCUT2D eigenvalue weighted by Gasteiger charge is -2.32. The summed E-state index contributed by atoms with van der Waals surface area (Å²) in [6.07, 6.45) is 0. The number of anilines is 1. The Morgan fingerprint density at radius 3 is 2.56 bits per heavy atom. The summed E-state index contributed by atoms with van der Waals surface area (Å²) in [6, 6.07) is 4.76. The lowest BCUT2D eigenvalue weighted by molar-refractivity contribution is 0.0697. The largest absolute Gasteiger partial charge is 0.489 e. The van der Waals surface area contributed by atoms with Crippen molar-refractivity contribution >= 4 is 11.7 Å². The van der Waals surface area contributed by atoms with Crippen LogP contribution in [0.2, 0.25) is 0 Å². The molecule has 0 aliphatic rings. The summed E-state index contributed by atoms with van der Waals surface area (Å²) in [5.74, 6) is -0.644. The molecule has 0 atom stereocenters. The Morgan fingerprint density at radius 2 is 2.06 bits per heavy atom. The number of carboxylic acids is 1. The topological polar surface area (TPSA) is 75.8 Å². The number of carbonyl (C=O) groups is 1. The number of nitrogens with zero attached hydrogens (tertiary/aromatic N) is 1. The van der Waals surface area contributed by atoms with Crippen molar-refractivity contribution in [3.8, 4) is 5.75 Å². The molecule has 0 radical (unpaired) electrons. The molecule has 100 valence electrons. The number of benzene rings is 1. The van der Waals surface area contributed by atoms with Gasteiger partial charge in [-0.15, -0.1) is 0 Å². The molecule has 0 bridgehead atoms. The van der Waals surface area contributed by atoms with Crippen molar-refractivity contribution in [2.75, 3.05) is 26.4 Å². The quantitative estimate of drug-likeness (QED) is 0.780. The van der Waals surface area contributed by atoms with Crippen LogP contribution < -0.4 is 10.5 Å². The highest BCUT2D eigenvalue weighted by atomic mass is 16.5. The standard InChI is InChI=1S/C13H20N2O3/c1-13(2,15(3)4)8-18-10-7-5-6-9(11(10)14)12(16)17/h5-7H,8,14H2,1-4H3,(H,16,17). The summed E-state index contributed by atoms with van der Waals surface area (Å²) in [4.78, 5) is 13.0. The van der Waals surface area contributed by atoms with Crippen LogP contribution in [0.15, 0.2) is 18.2 Å². The first-order valence-corrected chi connectivity index (χ1v) is 5.67. The molecule has 0 unspecified atom stereocenters. The number of aromatic carboxylic acids is 1. The van der Waals surface area contributed by atoms with Crippen molar-refractivity contribution in [1.82, 2.24) is 4.90 Å². The van der Waals surface area contributed by atoms with Gasteiger partial charge in [-0.25, -0.2) is 4.79 Å². The first-order valence-electron chi connectivity index (χ1n) is 5.67. The molecule has 1 aromatic rings. The zero-order valence-electron chi connectivity index (χ0n) is 11.2. The molecule has 0 aromatic heterocycles. The predicted molar refractivity (Wildman–Crippen MR) is 71.1 cm³/mol. The van der Waals surface area contributed by atoms with E-state index in [4.69, 9.17) is 15.6 Å². The zero-order valence-corrected chi connectivity index (χ0v) is 11.2. The summed E-state index contributed by atoms with van der Waals surface area (Å²) >= 11 is 0. The number of para-hydroxylation sites is 1. The normalized spacial score (nSPS) is 11.6. The maximum Gasteiger partial charge on any atom is 0.337 e. The fraction of sp³-hybridized carbons (Fsp3) is 0.462. The number of likely N-dealkylation sites (N-methyl/N-ethyl adjacent to an activating group) is 1. The molecule has 0 fully saturated rings. The predicted octanol–water partition coefficient (Wildman–Crippen LogP) is 1.69. The molecule has 0 saturated heterocycles. The Bertz CT molecular complexity index is 442. The lowest BCUT2D eigenvalue weighted by atomic mass is 10.1. The first-order chi connectivity index (χ1) is 8.25. The van der Waals surface area contributed by atoms with Gasteiger partial charge in [0.2, 0.25) is 0 Å². The highest BCUT2D eigenvalue weighted by Crippen LogP contribution is 2.26. The van der Waals surface area contributed by atoms with E-state index in [0.717, 1.165) is 0 Å². The van der Waals surface area contributed by atoms with Gasteiger partial charge < -0.3 is 20.5 Å². The average Bonchev–Trinajstić information content (AvgIpc) is 2.27. The van der Waals surface area contributed by atoms with Crippen LogP contribution in [0.1, 0.15) is 24.2 Å². The van der Waals surface area contributed by atoms with Crippen molar-refractivity contribution in [1.29, 1.82) is 0 Å². The van der Waals surface area contributed by atoms with E-state index in [1.54, 1.807) is 12.1 Å². The van der Waals surface area contributed by atoms with E-state index >= 15 is 0 Å². The fourth-order valence-corrected chi connectivity index (χ4v) is 1.24. The van der Waals surface area contributed by atoms with Crippen LogP contribution in [0.4, 0.5) is 5.69 Å². The van der Waals surface area contributed by atoms with Crippen LogP contribution in [0.5, 0.6) is 5.75 Å². The number of hydrogen-bond donors (Lipinski definition) is 2. The van der Waals surface area contributed by atoms with E-state index < -0.39 is 5.97 Å². The molecule has 1 aromatic carbocycles. The highest BCUT2D eigenvalue weighted by Gasteiger charge is 2.22. The van der Waals surface area contributed by atoms with Crippen LogP contribution in [0.25, 0.3) is 0 Å². The van der Waals surface area contributed by atoms with Crippen molar-refractivity contribution < 1.29 is 14.6 Å². The van der Waals surface area contributed by atoms with Gasteiger partial charge in [-0.1, -0.05) is 6.07 Å². The minimum absolute atomic E-state index is 0.0650. The fourth-order valence-electron chi connectivity index (χ4n) is 1.24. The van der Waals surface area contributed by atoms with E-state index in [0.29, 0.717) is 12.4 Å². The monoisotopic (exact) mass is 252 g/mol. The number of carboxylic acid groups (broad SMARTS) is 1. The van der Waals surface area contributed by atoms with Crippen molar-refractivity contribution in [2.45, 2.75) is 19.4 Å². The molecule has 0 heterocycles. The summed E-state index contributed by atoms with van der Waals surface area (Å²) in [5.41, 5.74) is 5.84. The van der Waals surface area contributed by atoms with Gasteiger partial charge in [0.05, 0.1) is 11.3 Å². The molecular weight excluding hydrogens is 232 g/mol. The Balaban J connectivity index is 2.87. The molecule has 0 aliphatic carbocycles. The Morgan fingerprint density at radius 1 is 1.44 bits per heavy atom. The first kappa shape index (κ1) is 14.3. The van der Waals surface area contributed by atoms with Gasteiger partial charge in [0.25, 0.3) is 0 Å². The van der Waals surface area contributed by atoms with Crippen molar-refractivity contribution in [3.63, 3.8) is 0 Å². The lowest BCUT2D eigenvalue weighted by Crippen LogP contribution is -2.43. The summed E-state index contributed by atoms with van der Waals surface area (Å²) in [6.45, 7) is 4.49. The molecule has 0 amide bonds. The van der Waals surface area contributed by atoms with Gasteiger partial charge in [-0.2, -0.15) is 0 Å². The van der Waals surface area contributed by atoms with E-state index in [1.165, 1.54) is 6.07 Å². The minimum atomic E-state index is -1.05. The molecule has 18 heavy (non-hydrogen) atoms. The third kappa shape index (κ3) is 3.13. The van der Waals surface area contributed by atoms with E-state index in [-0.39, 0.29) is 16.8 Å². The smallest absolute Gasteiger partial charge is 0.337 e. The Labute approximate surface area is 107 Å².